The maximum Gasteiger partial charge on any atom is 0.243 e. The molecule has 2 atom stereocenters. The zero-order valence-corrected chi connectivity index (χ0v) is 12.0. The van der Waals surface area contributed by atoms with E-state index in [1.807, 2.05) is 49.4 Å². The fraction of sp³-hybridized carbons (Fsp3) is 0.222. The van der Waals surface area contributed by atoms with Gasteiger partial charge in [-0.2, -0.15) is 5.10 Å². The van der Waals surface area contributed by atoms with Gasteiger partial charge < -0.3 is 0 Å². The molecule has 2 aromatic rings. The highest BCUT2D eigenvalue weighted by molar-refractivity contribution is 5.85. The molecule has 0 bridgehead atoms. The molecule has 2 unspecified atom stereocenters. The van der Waals surface area contributed by atoms with E-state index >= 15 is 0 Å². The number of carbonyl (C=O) groups is 1. The number of benzene rings is 2. The van der Waals surface area contributed by atoms with Crippen molar-refractivity contribution in [2.75, 3.05) is 0 Å². The Morgan fingerprint density at radius 3 is 2.76 bits per heavy atom. The van der Waals surface area contributed by atoms with E-state index in [-0.39, 0.29) is 11.8 Å². The largest absolute Gasteiger partial charge is 0.273 e. The van der Waals surface area contributed by atoms with Crippen LogP contribution in [-0.4, -0.2) is 12.1 Å². The van der Waals surface area contributed by atoms with E-state index < -0.39 is 0 Å². The van der Waals surface area contributed by atoms with Gasteiger partial charge in [-0.05, 0) is 30.4 Å². The minimum absolute atomic E-state index is 0.00718. The molecule has 1 N–H and O–H groups in total. The van der Waals surface area contributed by atoms with Gasteiger partial charge in [0, 0.05) is 5.92 Å². The molecule has 1 saturated carbocycles. The second-order valence-electron chi connectivity index (χ2n) is 5.51. The lowest BCUT2D eigenvalue weighted by Gasteiger charge is -2.00. The number of nitrogens with zero attached hydrogens (tertiary/aromatic N) is 1. The molecule has 0 heterocycles. The number of hydrazone groups is 1. The van der Waals surface area contributed by atoms with E-state index in [4.69, 9.17) is 0 Å². The van der Waals surface area contributed by atoms with Crippen LogP contribution in [0, 0.1) is 12.8 Å². The monoisotopic (exact) mass is 278 g/mol. The van der Waals surface area contributed by atoms with Crippen molar-refractivity contribution in [3.63, 3.8) is 0 Å². The number of hydrogen-bond acceptors (Lipinski definition) is 2. The van der Waals surface area contributed by atoms with Crippen LogP contribution >= 0.6 is 0 Å². The molecule has 0 radical (unpaired) electrons. The summed E-state index contributed by atoms with van der Waals surface area (Å²) in [6, 6.07) is 18.2. The van der Waals surface area contributed by atoms with E-state index in [9.17, 15) is 4.79 Å². The highest BCUT2D eigenvalue weighted by Gasteiger charge is 2.43. The molecular weight excluding hydrogens is 260 g/mol. The van der Waals surface area contributed by atoms with E-state index in [1.54, 1.807) is 6.21 Å². The van der Waals surface area contributed by atoms with E-state index in [0.29, 0.717) is 5.92 Å². The summed E-state index contributed by atoms with van der Waals surface area (Å²) < 4.78 is 0. The molecule has 0 saturated heterocycles. The number of carbonyl (C=O) groups excluding carboxylic acids is 1. The minimum Gasteiger partial charge on any atom is -0.273 e. The Morgan fingerprint density at radius 1 is 1.19 bits per heavy atom. The summed E-state index contributed by atoms with van der Waals surface area (Å²) in [5, 5.41) is 4.05. The lowest BCUT2D eigenvalue weighted by molar-refractivity contribution is -0.122. The molecule has 3 rings (SSSR count). The molecule has 0 aromatic heterocycles. The molecule has 2 aromatic carbocycles. The van der Waals surface area contributed by atoms with Crippen LogP contribution in [0.3, 0.4) is 0 Å². The Hall–Kier alpha value is -2.42. The van der Waals surface area contributed by atoms with Crippen molar-refractivity contribution >= 4 is 12.1 Å². The third kappa shape index (κ3) is 3.37. The Balaban J connectivity index is 1.54. The van der Waals surface area contributed by atoms with E-state index in [1.165, 1.54) is 11.1 Å². The van der Waals surface area contributed by atoms with Crippen molar-refractivity contribution in [3.8, 4) is 0 Å². The first-order valence-corrected chi connectivity index (χ1v) is 7.18. The first-order valence-electron chi connectivity index (χ1n) is 7.18. The third-order valence-corrected chi connectivity index (χ3v) is 3.79. The van der Waals surface area contributed by atoms with Gasteiger partial charge in [-0.15, -0.1) is 0 Å². The van der Waals surface area contributed by atoms with Crippen molar-refractivity contribution in [3.05, 3.63) is 71.3 Å². The molecule has 106 valence electrons. The number of amides is 1. The smallest absolute Gasteiger partial charge is 0.243 e. The summed E-state index contributed by atoms with van der Waals surface area (Å²) in [6.45, 7) is 2.03. The zero-order valence-electron chi connectivity index (χ0n) is 12.0. The molecule has 1 fully saturated rings. The lowest BCUT2D eigenvalue weighted by atomic mass is 10.1. The van der Waals surface area contributed by atoms with Crippen molar-refractivity contribution in [2.24, 2.45) is 11.0 Å². The lowest BCUT2D eigenvalue weighted by Crippen LogP contribution is -2.20. The molecule has 0 spiro atoms. The van der Waals surface area contributed by atoms with Crippen LogP contribution in [-0.2, 0) is 4.79 Å². The Labute approximate surface area is 124 Å². The number of nitrogens with one attached hydrogen (secondary N) is 1. The molecule has 1 amide bonds. The van der Waals surface area contributed by atoms with Gasteiger partial charge in [0.2, 0.25) is 5.91 Å². The summed E-state index contributed by atoms with van der Waals surface area (Å²) in [4.78, 5) is 12.0. The van der Waals surface area contributed by atoms with Gasteiger partial charge in [-0.3, -0.25) is 4.79 Å². The quantitative estimate of drug-likeness (QED) is 0.677. The van der Waals surface area contributed by atoms with Crippen LogP contribution in [0.25, 0.3) is 0 Å². The number of hydrogen-bond donors (Lipinski definition) is 1. The maximum absolute atomic E-state index is 12.0. The summed E-state index contributed by atoms with van der Waals surface area (Å²) in [6.07, 6.45) is 2.60. The van der Waals surface area contributed by atoms with Crippen LogP contribution < -0.4 is 5.43 Å². The summed E-state index contributed by atoms with van der Waals surface area (Å²) >= 11 is 0. The van der Waals surface area contributed by atoms with Gasteiger partial charge >= 0.3 is 0 Å². The Kier molecular flexibility index (Phi) is 3.82. The van der Waals surface area contributed by atoms with Crippen LogP contribution in [0.15, 0.2) is 59.7 Å². The second kappa shape index (κ2) is 5.92. The average molecular weight is 278 g/mol. The van der Waals surface area contributed by atoms with Gasteiger partial charge in [-0.25, -0.2) is 5.43 Å². The first kappa shape index (κ1) is 13.6. The number of rotatable bonds is 4. The zero-order chi connectivity index (χ0) is 14.7. The predicted molar refractivity (Wildman–Crippen MR) is 84.2 cm³/mol. The molecule has 0 aliphatic heterocycles. The molecule has 1 aliphatic carbocycles. The van der Waals surface area contributed by atoms with E-state index in [0.717, 1.165) is 12.0 Å². The topological polar surface area (TPSA) is 41.5 Å². The van der Waals surface area contributed by atoms with Crippen LogP contribution in [0.1, 0.15) is 29.0 Å². The van der Waals surface area contributed by atoms with E-state index in [2.05, 4.69) is 22.7 Å². The molecule has 3 heteroatoms. The second-order valence-corrected chi connectivity index (χ2v) is 5.51. The normalized spacial score (nSPS) is 20.4. The predicted octanol–water partition coefficient (Wildman–Crippen LogP) is 3.25. The fourth-order valence-electron chi connectivity index (χ4n) is 2.56. The third-order valence-electron chi connectivity index (χ3n) is 3.79. The highest BCUT2D eigenvalue weighted by Crippen LogP contribution is 2.47. The summed E-state index contributed by atoms with van der Waals surface area (Å²) in [5.41, 5.74) is 6.05. The van der Waals surface area contributed by atoms with Crippen molar-refractivity contribution in [1.82, 2.24) is 5.43 Å². The SMILES string of the molecule is Cc1cccc(C=NNC(=O)C2CC2c2ccccc2)c1. The molecular formula is C18H18N2O. The van der Waals surface area contributed by atoms with Crippen molar-refractivity contribution < 1.29 is 4.79 Å². The standard InChI is InChI=1S/C18H18N2O/c1-13-6-5-7-14(10-13)12-19-20-18(21)17-11-16(17)15-8-3-2-4-9-15/h2-10,12,16-17H,11H2,1H3,(H,20,21). The van der Waals surface area contributed by atoms with Crippen molar-refractivity contribution in [1.29, 1.82) is 0 Å². The molecule has 1 aliphatic rings. The Bertz CT molecular complexity index is 664. The minimum atomic E-state index is 0.00718. The summed E-state index contributed by atoms with van der Waals surface area (Å²) in [7, 11) is 0. The first-order chi connectivity index (χ1) is 10.2. The van der Waals surface area contributed by atoms with Gasteiger partial charge in [0.1, 0.15) is 0 Å². The highest BCUT2D eigenvalue weighted by atomic mass is 16.2. The molecule has 3 nitrogen and oxygen atoms in total. The van der Waals surface area contributed by atoms with Gasteiger partial charge in [-0.1, -0.05) is 60.2 Å². The van der Waals surface area contributed by atoms with Crippen molar-refractivity contribution in [2.45, 2.75) is 19.3 Å². The van der Waals surface area contributed by atoms with Gasteiger partial charge in [0.15, 0.2) is 0 Å². The van der Waals surface area contributed by atoms with Gasteiger partial charge in [0.25, 0.3) is 0 Å². The summed E-state index contributed by atoms with van der Waals surface area (Å²) in [5.74, 6) is 0.412. The number of aryl methyl sites for hydroxylation is 1. The molecule has 21 heavy (non-hydrogen) atoms. The van der Waals surface area contributed by atoms with Crippen LogP contribution in [0.2, 0.25) is 0 Å². The average Bonchev–Trinajstić information content (AvgIpc) is 3.29. The van der Waals surface area contributed by atoms with Crippen LogP contribution in [0.5, 0.6) is 0 Å². The van der Waals surface area contributed by atoms with Crippen LogP contribution in [0.4, 0.5) is 0 Å². The fourth-order valence-corrected chi connectivity index (χ4v) is 2.56. The van der Waals surface area contributed by atoms with Gasteiger partial charge in [0.05, 0.1) is 6.21 Å². The maximum atomic E-state index is 12.0. The Morgan fingerprint density at radius 2 is 2.00 bits per heavy atom.